The third-order valence-electron chi connectivity index (χ3n) is 1.96. The maximum Gasteiger partial charge on any atom is 0.179 e. The van der Waals surface area contributed by atoms with E-state index in [9.17, 15) is 8.42 Å². The summed E-state index contributed by atoms with van der Waals surface area (Å²) in [5.41, 5.74) is 0. The number of halogens is 1. The van der Waals surface area contributed by atoms with Crippen molar-refractivity contribution in [3.05, 3.63) is 22.7 Å². The molecule has 0 aliphatic rings. The summed E-state index contributed by atoms with van der Waals surface area (Å²) in [7, 11) is -1.87. The highest BCUT2D eigenvalue weighted by molar-refractivity contribution is 9.10. The third-order valence-corrected chi connectivity index (χ3v) is 4.30. The summed E-state index contributed by atoms with van der Waals surface area (Å²) in [6.07, 6.45) is -0.00795. The molecule has 86 valence electrons. The first-order valence-electron chi connectivity index (χ1n) is 4.44. The van der Waals surface area contributed by atoms with Crippen molar-refractivity contribution in [2.75, 3.05) is 12.9 Å². The number of benzene rings is 1. The van der Waals surface area contributed by atoms with Crippen LogP contribution in [-0.2, 0) is 9.84 Å². The zero-order valence-electron chi connectivity index (χ0n) is 8.60. The van der Waals surface area contributed by atoms with Gasteiger partial charge in [-0.15, -0.1) is 0 Å². The Labute approximate surface area is 103 Å². The van der Waals surface area contributed by atoms with Gasteiger partial charge < -0.3 is 4.74 Å². The fourth-order valence-electron chi connectivity index (χ4n) is 1.14. The molecule has 1 rings (SSSR count). The second-order valence-corrected chi connectivity index (χ2v) is 5.99. The number of nitriles is 1. The van der Waals surface area contributed by atoms with Crippen molar-refractivity contribution in [1.29, 1.82) is 5.26 Å². The van der Waals surface area contributed by atoms with Gasteiger partial charge in [0.2, 0.25) is 0 Å². The summed E-state index contributed by atoms with van der Waals surface area (Å²) < 4.78 is 29.0. The van der Waals surface area contributed by atoms with Gasteiger partial charge in [0.25, 0.3) is 0 Å². The van der Waals surface area contributed by atoms with Gasteiger partial charge in [-0.05, 0) is 34.1 Å². The Balaban J connectivity index is 3.06. The van der Waals surface area contributed by atoms with Crippen LogP contribution in [0.4, 0.5) is 0 Å². The molecule has 4 nitrogen and oxygen atoms in total. The monoisotopic (exact) mass is 303 g/mol. The van der Waals surface area contributed by atoms with Crippen LogP contribution in [0.15, 0.2) is 27.6 Å². The van der Waals surface area contributed by atoms with E-state index in [1.54, 1.807) is 6.07 Å². The summed E-state index contributed by atoms with van der Waals surface area (Å²) >= 11 is 3.21. The first kappa shape index (κ1) is 13.0. The van der Waals surface area contributed by atoms with Crippen LogP contribution in [0, 0.1) is 11.3 Å². The molecule has 0 amide bonds. The summed E-state index contributed by atoms with van der Waals surface area (Å²) in [6.45, 7) is 0. The Hall–Kier alpha value is -1.06. The molecule has 0 unspecified atom stereocenters. The molecule has 0 saturated heterocycles. The van der Waals surface area contributed by atoms with Crippen LogP contribution in [0.25, 0.3) is 0 Å². The Morgan fingerprint density at radius 2 is 2.19 bits per heavy atom. The molecule has 0 fully saturated rings. The maximum absolute atomic E-state index is 11.7. The first-order chi connectivity index (χ1) is 7.51. The van der Waals surface area contributed by atoms with E-state index in [2.05, 4.69) is 15.9 Å². The van der Waals surface area contributed by atoms with E-state index in [-0.39, 0.29) is 17.1 Å². The van der Waals surface area contributed by atoms with Crippen LogP contribution < -0.4 is 4.74 Å². The molecular formula is C10H10BrNO3S. The average molecular weight is 304 g/mol. The Bertz CT molecular complexity index is 519. The van der Waals surface area contributed by atoms with Gasteiger partial charge in [-0.1, -0.05) is 0 Å². The van der Waals surface area contributed by atoms with Gasteiger partial charge >= 0.3 is 0 Å². The van der Waals surface area contributed by atoms with E-state index in [4.69, 9.17) is 10.00 Å². The number of rotatable bonds is 4. The van der Waals surface area contributed by atoms with Crippen LogP contribution >= 0.6 is 15.9 Å². The predicted octanol–water partition coefficient (Wildman–Crippen LogP) is 2.15. The van der Waals surface area contributed by atoms with Gasteiger partial charge in [0, 0.05) is 6.42 Å². The first-order valence-corrected chi connectivity index (χ1v) is 6.89. The van der Waals surface area contributed by atoms with Crippen molar-refractivity contribution >= 4 is 25.8 Å². The topological polar surface area (TPSA) is 67.2 Å². The molecule has 0 aliphatic heterocycles. The molecule has 0 spiro atoms. The molecule has 0 aromatic heterocycles. The minimum absolute atomic E-state index is 0.00795. The van der Waals surface area contributed by atoms with Gasteiger partial charge in [-0.3, -0.25) is 0 Å². The van der Waals surface area contributed by atoms with Crippen LogP contribution in [-0.4, -0.2) is 21.3 Å². The van der Waals surface area contributed by atoms with Crippen LogP contribution in [0.1, 0.15) is 6.42 Å². The van der Waals surface area contributed by atoms with Gasteiger partial charge in [0.15, 0.2) is 9.84 Å². The van der Waals surface area contributed by atoms with Crippen LogP contribution in [0.3, 0.4) is 0 Å². The van der Waals surface area contributed by atoms with E-state index in [0.717, 1.165) is 0 Å². The highest BCUT2D eigenvalue weighted by atomic mass is 79.9. The fourth-order valence-corrected chi connectivity index (χ4v) is 3.00. The average Bonchev–Trinajstić information content (AvgIpc) is 2.26. The molecule has 0 radical (unpaired) electrons. The highest BCUT2D eigenvalue weighted by Crippen LogP contribution is 2.27. The number of ether oxygens (including phenoxy) is 1. The summed E-state index contributed by atoms with van der Waals surface area (Å²) in [5.74, 6) is 0.404. The van der Waals surface area contributed by atoms with E-state index in [0.29, 0.717) is 10.2 Å². The quantitative estimate of drug-likeness (QED) is 0.854. The molecule has 16 heavy (non-hydrogen) atoms. The van der Waals surface area contributed by atoms with Crippen molar-refractivity contribution in [2.45, 2.75) is 11.3 Å². The Kier molecular flexibility index (Phi) is 4.33. The molecule has 0 aliphatic carbocycles. The third kappa shape index (κ3) is 2.97. The molecular weight excluding hydrogens is 294 g/mol. The molecule has 0 atom stereocenters. The Morgan fingerprint density at radius 1 is 1.50 bits per heavy atom. The molecule has 6 heteroatoms. The largest absolute Gasteiger partial charge is 0.496 e. The molecule has 0 saturated carbocycles. The Morgan fingerprint density at radius 3 is 2.69 bits per heavy atom. The highest BCUT2D eigenvalue weighted by Gasteiger charge is 2.15. The molecule has 0 N–H and O–H groups in total. The summed E-state index contributed by atoms with van der Waals surface area (Å²) in [5, 5.41) is 8.37. The molecule has 1 aromatic rings. The van der Waals surface area contributed by atoms with Gasteiger partial charge in [0.1, 0.15) is 5.75 Å². The lowest BCUT2D eigenvalue weighted by Gasteiger charge is -2.06. The minimum atomic E-state index is -3.38. The normalized spacial score (nSPS) is 10.8. The molecule has 0 heterocycles. The molecule has 0 bridgehead atoms. The number of hydrogen-bond acceptors (Lipinski definition) is 4. The van der Waals surface area contributed by atoms with E-state index >= 15 is 0 Å². The lowest BCUT2D eigenvalue weighted by atomic mass is 10.3. The second-order valence-electron chi connectivity index (χ2n) is 3.02. The number of sulfone groups is 1. The minimum Gasteiger partial charge on any atom is -0.496 e. The zero-order valence-corrected chi connectivity index (χ0v) is 11.0. The van der Waals surface area contributed by atoms with Gasteiger partial charge in [-0.2, -0.15) is 5.26 Å². The van der Waals surface area contributed by atoms with Crippen molar-refractivity contribution in [1.82, 2.24) is 0 Å². The van der Waals surface area contributed by atoms with Gasteiger partial charge in [-0.25, -0.2) is 8.42 Å². The standard InChI is InChI=1S/C10H10BrNO3S/c1-15-10-4-3-8(7-9(10)11)16(13,14)6-2-5-12/h3-4,7H,2,6H2,1H3. The van der Waals surface area contributed by atoms with E-state index in [1.807, 2.05) is 6.07 Å². The number of hydrogen-bond donors (Lipinski definition) is 0. The van der Waals surface area contributed by atoms with Crippen molar-refractivity contribution in [2.24, 2.45) is 0 Å². The van der Waals surface area contributed by atoms with Crippen molar-refractivity contribution < 1.29 is 13.2 Å². The SMILES string of the molecule is COc1ccc(S(=O)(=O)CCC#N)cc1Br. The van der Waals surface area contributed by atoms with E-state index in [1.165, 1.54) is 19.2 Å². The zero-order chi connectivity index (χ0) is 12.2. The van der Waals surface area contributed by atoms with Crippen LogP contribution in [0.2, 0.25) is 0 Å². The lowest BCUT2D eigenvalue weighted by molar-refractivity contribution is 0.411. The summed E-state index contributed by atoms with van der Waals surface area (Å²) in [4.78, 5) is 0.190. The summed E-state index contributed by atoms with van der Waals surface area (Å²) in [6, 6.07) is 6.33. The number of nitrogens with zero attached hydrogens (tertiary/aromatic N) is 1. The number of methoxy groups -OCH3 is 1. The predicted molar refractivity (Wildman–Crippen MR) is 63.0 cm³/mol. The maximum atomic E-state index is 11.7. The fraction of sp³-hybridized carbons (Fsp3) is 0.300. The second kappa shape index (κ2) is 5.32. The lowest BCUT2D eigenvalue weighted by Crippen LogP contribution is -2.06. The van der Waals surface area contributed by atoms with Crippen LogP contribution in [0.5, 0.6) is 5.75 Å². The van der Waals surface area contributed by atoms with Crippen molar-refractivity contribution in [3.63, 3.8) is 0 Å². The van der Waals surface area contributed by atoms with Crippen molar-refractivity contribution in [3.8, 4) is 11.8 Å². The van der Waals surface area contributed by atoms with E-state index < -0.39 is 9.84 Å². The van der Waals surface area contributed by atoms with Gasteiger partial charge in [0.05, 0.1) is 28.3 Å². The molecule has 1 aromatic carbocycles. The smallest absolute Gasteiger partial charge is 0.179 e.